The maximum absolute atomic E-state index is 14.3. The zero-order valence-corrected chi connectivity index (χ0v) is 19.6. The zero-order valence-electron chi connectivity index (χ0n) is 18.1. The van der Waals surface area contributed by atoms with E-state index in [0.717, 1.165) is 36.7 Å². The maximum atomic E-state index is 14.3. The Morgan fingerprint density at radius 1 is 1.21 bits per heavy atom. The Bertz CT molecular complexity index is 1340. The number of amides is 1. The summed E-state index contributed by atoms with van der Waals surface area (Å²) in [6.07, 6.45) is 4.74. The summed E-state index contributed by atoms with van der Waals surface area (Å²) >= 11 is 6.83. The molecule has 1 fully saturated rings. The molecule has 0 unspecified atom stereocenters. The van der Waals surface area contributed by atoms with Crippen LogP contribution in [0.3, 0.4) is 0 Å². The fourth-order valence-corrected chi connectivity index (χ4v) is 5.92. The number of piperidine rings is 1. The van der Waals surface area contributed by atoms with Crippen molar-refractivity contribution in [2.24, 2.45) is 0 Å². The lowest BCUT2D eigenvalue weighted by molar-refractivity contribution is 0.0361. The minimum atomic E-state index is -0.831. The van der Waals surface area contributed by atoms with Gasteiger partial charge in [0.25, 0.3) is 5.91 Å². The SMILES string of the molecule is Cc1c2n(cc(-c3nnc(Cc4ccc(F)c(Cl)c4F)s3)c1=O)C[C@H]1CCC[C@H](C)N1C2=O. The van der Waals surface area contributed by atoms with Gasteiger partial charge in [0.2, 0.25) is 0 Å². The molecule has 6 nitrogen and oxygen atoms in total. The number of halogens is 3. The summed E-state index contributed by atoms with van der Waals surface area (Å²) in [5.41, 5.74) is 1.11. The van der Waals surface area contributed by atoms with E-state index in [1.54, 1.807) is 13.1 Å². The third kappa shape index (κ3) is 3.67. The molecule has 2 aliphatic heterocycles. The molecule has 1 amide bonds. The van der Waals surface area contributed by atoms with Gasteiger partial charge < -0.3 is 9.47 Å². The highest BCUT2D eigenvalue weighted by molar-refractivity contribution is 7.14. The summed E-state index contributed by atoms with van der Waals surface area (Å²) in [5.74, 6) is -1.75. The summed E-state index contributed by atoms with van der Waals surface area (Å²) in [6.45, 7) is 4.36. The molecule has 0 saturated carbocycles. The van der Waals surface area contributed by atoms with Crippen molar-refractivity contribution in [1.29, 1.82) is 0 Å². The molecule has 1 saturated heterocycles. The smallest absolute Gasteiger partial charge is 0.271 e. The van der Waals surface area contributed by atoms with Crippen molar-refractivity contribution < 1.29 is 13.6 Å². The zero-order chi connectivity index (χ0) is 23.4. The van der Waals surface area contributed by atoms with Crippen LogP contribution >= 0.6 is 22.9 Å². The first kappa shape index (κ1) is 22.2. The monoisotopic (exact) mass is 490 g/mol. The lowest BCUT2D eigenvalue weighted by Crippen LogP contribution is -2.55. The molecule has 0 spiro atoms. The Hall–Kier alpha value is -2.65. The molecule has 172 valence electrons. The van der Waals surface area contributed by atoms with Crippen LogP contribution in [-0.2, 0) is 13.0 Å². The van der Waals surface area contributed by atoms with Crippen LogP contribution in [0.4, 0.5) is 8.78 Å². The van der Waals surface area contributed by atoms with Gasteiger partial charge in [0, 0.05) is 30.8 Å². The van der Waals surface area contributed by atoms with E-state index >= 15 is 0 Å². The second kappa shape index (κ2) is 8.29. The van der Waals surface area contributed by atoms with Crippen LogP contribution < -0.4 is 5.43 Å². The van der Waals surface area contributed by atoms with E-state index < -0.39 is 16.7 Å². The van der Waals surface area contributed by atoms with E-state index in [4.69, 9.17) is 11.6 Å². The quantitative estimate of drug-likeness (QED) is 0.503. The average molecular weight is 491 g/mol. The number of rotatable bonds is 3. The standard InChI is InChI=1S/C23H21ClF2N4O2S/c1-11-4-3-5-14-9-29-10-15(21(31)12(2)20(29)23(32)30(11)14)22-28-27-17(33-22)8-13-6-7-16(25)18(24)19(13)26/h6-7,10-11,14H,3-5,8-9H2,1-2H3/t11-,14+/m0/s1. The Morgan fingerprint density at radius 3 is 2.79 bits per heavy atom. The van der Waals surface area contributed by atoms with Gasteiger partial charge in [-0.05, 0) is 44.7 Å². The highest BCUT2D eigenvalue weighted by Crippen LogP contribution is 2.32. The summed E-state index contributed by atoms with van der Waals surface area (Å²) in [6, 6.07) is 2.69. The molecule has 4 heterocycles. The van der Waals surface area contributed by atoms with Crippen LogP contribution in [0.15, 0.2) is 23.1 Å². The van der Waals surface area contributed by atoms with Gasteiger partial charge in [0.05, 0.1) is 11.6 Å². The number of hydrogen-bond donors (Lipinski definition) is 0. The van der Waals surface area contributed by atoms with E-state index in [-0.39, 0.29) is 35.4 Å². The Balaban J connectivity index is 1.50. The second-order valence-corrected chi connectivity index (χ2v) is 10.1. The Kier molecular flexibility index (Phi) is 5.56. The molecule has 0 aliphatic carbocycles. The number of nitrogens with zero attached hydrogens (tertiary/aromatic N) is 4. The molecule has 0 radical (unpaired) electrons. The van der Waals surface area contributed by atoms with Gasteiger partial charge in [0.15, 0.2) is 10.4 Å². The topological polar surface area (TPSA) is 68.1 Å². The molecule has 0 N–H and O–H groups in total. The second-order valence-electron chi connectivity index (χ2n) is 8.66. The molecule has 33 heavy (non-hydrogen) atoms. The maximum Gasteiger partial charge on any atom is 0.271 e. The minimum absolute atomic E-state index is 0.0716. The highest BCUT2D eigenvalue weighted by atomic mass is 35.5. The summed E-state index contributed by atoms with van der Waals surface area (Å²) < 4.78 is 29.6. The van der Waals surface area contributed by atoms with E-state index in [9.17, 15) is 18.4 Å². The molecule has 2 atom stereocenters. The average Bonchev–Trinajstić information content (AvgIpc) is 3.25. The first-order valence-electron chi connectivity index (χ1n) is 10.8. The predicted molar refractivity (Wildman–Crippen MR) is 122 cm³/mol. The van der Waals surface area contributed by atoms with Crippen LogP contribution in [0.1, 0.15) is 52.8 Å². The molecule has 0 bridgehead atoms. The largest absolute Gasteiger partial charge is 0.340 e. The van der Waals surface area contributed by atoms with Gasteiger partial charge in [0.1, 0.15) is 27.4 Å². The molecule has 3 aromatic rings. The summed E-state index contributed by atoms with van der Waals surface area (Å²) in [5, 5.41) is 8.55. The number of fused-ring (bicyclic) bond motifs is 2. The van der Waals surface area contributed by atoms with Crippen molar-refractivity contribution in [3.8, 4) is 10.6 Å². The van der Waals surface area contributed by atoms with Gasteiger partial charge in [-0.15, -0.1) is 10.2 Å². The van der Waals surface area contributed by atoms with Crippen molar-refractivity contribution in [2.45, 2.75) is 58.2 Å². The third-order valence-electron chi connectivity index (χ3n) is 6.54. The minimum Gasteiger partial charge on any atom is -0.340 e. The number of pyridine rings is 1. The van der Waals surface area contributed by atoms with E-state index in [0.29, 0.717) is 33.4 Å². The lowest BCUT2D eigenvalue weighted by Gasteiger charge is -2.45. The normalized spacial score (nSPS) is 20.0. The van der Waals surface area contributed by atoms with E-state index in [2.05, 4.69) is 17.1 Å². The molecule has 1 aromatic carbocycles. The number of benzene rings is 1. The number of aromatic nitrogens is 3. The number of carbonyl (C=O) groups is 1. The van der Waals surface area contributed by atoms with Crippen molar-refractivity contribution >= 4 is 28.8 Å². The van der Waals surface area contributed by atoms with Crippen LogP contribution in [0, 0.1) is 18.6 Å². The molecular weight excluding hydrogens is 470 g/mol. The van der Waals surface area contributed by atoms with E-state index in [1.807, 2.05) is 9.47 Å². The van der Waals surface area contributed by atoms with Crippen LogP contribution in [0.25, 0.3) is 10.6 Å². The molecule has 5 rings (SSSR count). The third-order valence-corrected chi connectivity index (χ3v) is 7.84. The van der Waals surface area contributed by atoms with Crippen LogP contribution in [0.5, 0.6) is 0 Å². The molecular formula is C23H21ClF2N4O2S. The van der Waals surface area contributed by atoms with Gasteiger partial charge >= 0.3 is 0 Å². The fraction of sp³-hybridized carbons (Fsp3) is 0.391. The van der Waals surface area contributed by atoms with Crippen molar-refractivity contribution in [3.05, 3.63) is 67.0 Å². The van der Waals surface area contributed by atoms with Gasteiger partial charge in [-0.1, -0.05) is 29.0 Å². The van der Waals surface area contributed by atoms with Crippen LogP contribution in [0.2, 0.25) is 5.02 Å². The Labute approximate surface area is 197 Å². The lowest BCUT2D eigenvalue weighted by atomic mass is 9.92. The first-order chi connectivity index (χ1) is 15.8. The van der Waals surface area contributed by atoms with Gasteiger partial charge in [-0.2, -0.15) is 0 Å². The van der Waals surface area contributed by atoms with Gasteiger partial charge in [-0.3, -0.25) is 9.59 Å². The predicted octanol–water partition coefficient (Wildman–Crippen LogP) is 4.59. The highest BCUT2D eigenvalue weighted by Gasteiger charge is 2.39. The van der Waals surface area contributed by atoms with E-state index in [1.165, 1.54) is 6.07 Å². The van der Waals surface area contributed by atoms with Crippen molar-refractivity contribution in [1.82, 2.24) is 19.7 Å². The molecule has 2 aromatic heterocycles. The molecule has 2 aliphatic rings. The number of carbonyl (C=O) groups excluding carboxylic acids is 1. The van der Waals surface area contributed by atoms with Crippen molar-refractivity contribution in [2.75, 3.05) is 0 Å². The van der Waals surface area contributed by atoms with Crippen molar-refractivity contribution in [3.63, 3.8) is 0 Å². The first-order valence-corrected chi connectivity index (χ1v) is 12.0. The summed E-state index contributed by atoms with van der Waals surface area (Å²) in [7, 11) is 0. The summed E-state index contributed by atoms with van der Waals surface area (Å²) in [4.78, 5) is 28.3. The fourth-order valence-electron chi connectivity index (χ4n) is 4.86. The Morgan fingerprint density at radius 2 is 2.00 bits per heavy atom. The van der Waals surface area contributed by atoms with Crippen LogP contribution in [-0.4, -0.2) is 37.7 Å². The van der Waals surface area contributed by atoms with Gasteiger partial charge in [-0.25, -0.2) is 8.78 Å². The molecule has 10 heteroatoms. The number of hydrogen-bond acceptors (Lipinski definition) is 5.